The molecule has 0 atom stereocenters. The zero-order chi connectivity index (χ0) is 21.9. The van der Waals surface area contributed by atoms with E-state index in [-0.39, 0.29) is 19.0 Å². The average molecular weight is 441 g/mol. The van der Waals surface area contributed by atoms with Crippen LogP contribution in [0.5, 0.6) is 11.5 Å². The molecular formula is C20H16ClF3N2O4. The number of nitrogens with one attached hydrogen (secondary N) is 1. The van der Waals surface area contributed by atoms with E-state index in [2.05, 4.69) is 5.32 Å². The largest absolute Gasteiger partial charge is 0.454 e. The lowest BCUT2D eigenvalue weighted by molar-refractivity contribution is -0.137. The van der Waals surface area contributed by atoms with E-state index >= 15 is 0 Å². The van der Waals surface area contributed by atoms with Crippen LogP contribution in [0.1, 0.15) is 11.1 Å². The van der Waals surface area contributed by atoms with Crippen LogP contribution >= 0.6 is 11.6 Å². The van der Waals surface area contributed by atoms with Gasteiger partial charge in [0.25, 0.3) is 0 Å². The fraction of sp³-hybridized carbons (Fsp3) is 0.200. The summed E-state index contributed by atoms with van der Waals surface area (Å²) < 4.78 is 49.2. The number of fused-ring (bicyclic) bond motifs is 1. The first-order valence-electron chi connectivity index (χ1n) is 8.63. The monoisotopic (exact) mass is 440 g/mol. The van der Waals surface area contributed by atoms with Crippen LogP contribution in [0.25, 0.3) is 6.08 Å². The number of carbonyl (C=O) groups is 2. The predicted molar refractivity (Wildman–Crippen MR) is 104 cm³/mol. The van der Waals surface area contributed by atoms with Crippen molar-refractivity contribution >= 4 is 35.2 Å². The summed E-state index contributed by atoms with van der Waals surface area (Å²) in [6.45, 7) is -0.217. The topological polar surface area (TPSA) is 67.9 Å². The van der Waals surface area contributed by atoms with E-state index in [0.29, 0.717) is 17.1 Å². The molecule has 0 saturated carbocycles. The highest BCUT2D eigenvalue weighted by Gasteiger charge is 2.33. The zero-order valence-electron chi connectivity index (χ0n) is 15.6. The summed E-state index contributed by atoms with van der Waals surface area (Å²) in [6, 6.07) is 8.19. The third-order valence-electron chi connectivity index (χ3n) is 4.13. The van der Waals surface area contributed by atoms with E-state index < -0.39 is 28.6 Å². The van der Waals surface area contributed by atoms with Crippen molar-refractivity contribution in [3.63, 3.8) is 0 Å². The smallest absolute Gasteiger partial charge is 0.417 e. The number of benzene rings is 2. The molecule has 0 aliphatic carbocycles. The quantitative estimate of drug-likeness (QED) is 0.708. The summed E-state index contributed by atoms with van der Waals surface area (Å²) in [7, 11) is 1.40. The Hall–Kier alpha value is -3.20. The highest BCUT2D eigenvalue weighted by Crippen LogP contribution is 2.36. The first-order chi connectivity index (χ1) is 14.1. The van der Waals surface area contributed by atoms with Crippen LogP contribution in [0, 0.1) is 0 Å². The fourth-order valence-electron chi connectivity index (χ4n) is 2.63. The van der Waals surface area contributed by atoms with Crippen LogP contribution in [0.3, 0.4) is 0 Å². The molecule has 0 radical (unpaired) electrons. The molecule has 0 unspecified atom stereocenters. The number of ether oxygens (including phenoxy) is 2. The maximum absolute atomic E-state index is 12.9. The maximum atomic E-state index is 12.9. The second kappa shape index (κ2) is 8.66. The molecule has 2 amide bonds. The summed E-state index contributed by atoms with van der Waals surface area (Å²) in [5, 5.41) is 1.85. The maximum Gasteiger partial charge on any atom is 0.417 e. The van der Waals surface area contributed by atoms with Crippen molar-refractivity contribution in [2.75, 3.05) is 25.7 Å². The second-order valence-corrected chi connectivity index (χ2v) is 6.79. The Morgan fingerprint density at radius 1 is 1.17 bits per heavy atom. The van der Waals surface area contributed by atoms with E-state index in [0.717, 1.165) is 17.0 Å². The van der Waals surface area contributed by atoms with Crippen LogP contribution < -0.4 is 14.8 Å². The van der Waals surface area contributed by atoms with Crippen molar-refractivity contribution in [2.24, 2.45) is 0 Å². The minimum atomic E-state index is -4.65. The molecule has 2 aromatic rings. The molecule has 10 heteroatoms. The summed E-state index contributed by atoms with van der Waals surface area (Å²) in [4.78, 5) is 25.4. The second-order valence-electron chi connectivity index (χ2n) is 6.38. The van der Waals surface area contributed by atoms with E-state index in [1.165, 1.54) is 19.2 Å². The number of hydrogen-bond acceptors (Lipinski definition) is 4. The van der Waals surface area contributed by atoms with Gasteiger partial charge < -0.3 is 19.7 Å². The summed E-state index contributed by atoms with van der Waals surface area (Å²) in [5.74, 6) is 0.0642. The molecule has 1 aliphatic heterocycles. The first kappa shape index (κ1) is 21.5. The number of halogens is 4. The van der Waals surface area contributed by atoms with Gasteiger partial charge >= 0.3 is 6.18 Å². The molecule has 0 fully saturated rings. The number of likely N-dealkylation sites (N-methyl/N-ethyl adjacent to an activating group) is 1. The van der Waals surface area contributed by atoms with Crippen molar-refractivity contribution in [3.8, 4) is 11.5 Å². The van der Waals surface area contributed by atoms with Crippen molar-refractivity contribution in [2.45, 2.75) is 6.18 Å². The third kappa shape index (κ3) is 5.24. The molecule has 30 heavy (non-hydrogen) atoms. The minimum absolute atomic E-state index is 0.0755. The van der Waals surface area contributed by atoms with Gasteiger partial charge in [-0.1, -0.05) is 17.7 Å². The molecule has 1 heterocycles. The highest BCUT2D eigenvalue weighted by molar-refractivity contribution is 6.31. The van der Waals surface area contributed by atoms with Crippen LogP contribution in [0.4, 0.5) is 18.9 Å². The van der Waals surface area contributed by atoms with Gasteiger partial charge in [-0.2, -0.15) is 13.2 Å². The van der Waals surface area contributed by atoms with E-state index in [1.807, 2.05) is 0 Å². The number of alkyl halides is 3. The van der Waals surface area contributed by atoms with Crippen molar-refractivity contribution in [1.82, 2.24) is 4.90 Å². The number of rotatable bonds is 5. The van der Waals surface area contributed by atoms with Crippen molar-refractivity contribution in [3.05, 3.63) is 58.6 Å². The lowest BCUT2D eigenvalue weighted by Gasteiger charge is -2.16. The Balaban J connectivity index is 1.58. The van der Waals surface area contributed by atoms with Gasteiger partial charge in [-0.15, -0.1) is 0 Å². The van der Waals surface area contributed by atoms with Gasteiger partial charge in [0.2, 0.25) is 18.6 Å². The molecule has 2 aromatic carbocycles. The van der Waals surface area contributed by atoms with E-state index in [9.17, 15) is 22.8 Å². The SMILES string of the molecule is CN(CC(=O)Nc1ccc(Cl)c(C(F)(F)F)c1)C(=O)C=Cc1ccc2c(c1)OCO2. The van der Waals surface area contributed by atoms with Gasteiger partial charge in [-0.3, -0.25) is 9.59 Å². The molecular weight excluding hydrogens is 425 g/mol. The molecule has 0 aromatic heterocycles. The lowest BCUT2D eigenvalue weighted by Crippen LogP contribution is -2.33. The molecule has 6 nitrogen and oxygen atoms in total. The summed E-state index contributed by atoms with van der Waals surface area (Å²) in [5.41, 5.74) is -0.433. The average Bonchev–Trinajstić information content (AvgIpc) is 3.14. The number of amides is 2. The Labute approximate surface area is 174 Å². The van der Waals surface area contributed by atoms with E-state index in [4.69, 9.17) is 21.1 Å². The molecule has 0 spiro atoms. The number of carbonyl (C=O) groups excluding carboxylic acids is 2. The zero-order valence-corrected chi connectivity index (χ0v) is 16.4. The van der Waals surface area contributed by atoms with Gasteiger partial charge in [-0.05, 0) is 42.0 Å². The van der Waals surface area contributed by atoms with Gasteiger partial charge in [0.1, 0.15) is 0 Å². The molecule has 1 aliphatic rings. The highest BCUT2D eigenvalue weighted by atomic mass is 35.5. The number of anilines is 1. The van der Waals surface area contributed by atoms with Crippen LogP contribution in [-0.4, -0.2) is 37.1 Å². The number of nitrogens with zero attached hydrogens (tertiary/aromatic N) is 1. The summed E-state index contributed by atoms with van der Waals surface area (Å²) in [6.07, 6.45) is -1.83. The molecule has 158 valence electrons. The Bertz CT molecular complexity index is 1010. The Morgan fingerprint density at radius 3 is 2.63 bits per heavy atom. The first-order valence-corrected chi connectivity index (χ1v) is 9.01. The van der Waals surface area contributed by atoms with Crippen LogP contribution in [-0.2, 0) is 15.8 Å². The van der Waals surface area contributed by atoms with Gasteiger partial charge in [0, 0.05) is 18.8 Å². The predicted octanol–water partition coefficient (Wildman–Crippen LogP) is 4.20. The molecule has 3 rings (SSSR count). The van der Waals surface area contributed by atoms with Crippen molar-refractivity contribution < 1.29 is 32.2 Å². The molecule has 0 bridgehead atoms. The lowest BCUT2D eigenvalue weighted by atomic mass is 10.2. The van der Waals surface area contributed by atoms with Crippen LogP contribution in [0.15, 0.2) is 42.5 Å². The van der Waals surface area contributed by atoms with Crippen molar-refractivity contribution in [1.29, 1.82) is 0 Å². The standard InChI is InChI=1S/C20H16ClF3N2O4/c1-26(19(28)7-3-12-2-6-16-17(8-12)30-11-29-16)10-18(27)25-13-4-5-15(21)14(9-13)20(22,23)24/h2-9H,10-11H2,1H3,(H,25,27). The normalized spacial score (nSPS) is 12.8. The van der Waals surface area contributed by atoms with Gasteiger partial charge in [0.05, 0.1) is 17.1 Å². The summed E-state index contributed by atoms with van der Waals surface area (Å²) >= 11 is 5.55. The minimum Gasteiger partial charge on any atom is -0.454 e. The van der Waals surface area contributed by atoms with Crippen LogP contribution in [0.2, 0.25) is 5.02 Å². The van der Waals surface area contributed by atoms with Gasteiger partial charge in [-0.25, -0.2) is 0 Å². The third-order valence-corrected chi connectivity index (χ3v) is 4.46. The Morgan fingerprint density at radius 2 is 1.90 bits per heavy atom. The van der Waals surface area contributed by atoms with E-state index in [1.54, 1.807) is 24.3 Å². The Kier molecular flexibility index (Phi) is 6.21. The fourth-order valence-corrected chi connectivity index (χ4v) is 2.85. The van der Waals surface area contributed by atoms with Gasteiger partial charge in [0.15, 0.2) is 11.5 Å². The molecule has 0 saturated heterocycles. The number of hydrogen-bond donors (Lipinski definition) is 1. The molecule has 1 N–H and O–H groups in total.